The number of aryl methyl sites for hydroxylation is 2. The van der Waals surface area contributed by atoms with E-state index in [1.165, 1.54) is 17.5 Å². The molecule has 2 aromatic heterocycles. The van der Waals surface area contributed by atoms with Gasteiger partial charge in [-0.1, -0.05) is 6.92 Å². The Morgan fingerprint density at radius 1 is 1.50 bits per heavy atom. The summed E-state index contributed by atoms with van der Waals surface area (Å²) >= 11 is 4.72. The molecule has 18 heavy (non-hydrogen) atoms. The molecule has 0 atom stereocenters. The van der Waals surface area contributed by atoms with E-state index in [0.29, 0.717) is 15.3 Å². The molecule has 0 aliphatic carbocycles. The van der Waals surface area contributed by atoms with Gasteiger partial charge in [-0.25, -0.2) is 9.97 Å². The van der Waals surface area contributed by atoms with E-state index in [2.05, 4.69) is 31.2 Å². The second-order valence-electron chi connectivity index (χ2n) is 3.70. The smallest absolute Gasteiger partial charge is 0.259 e. The van der Waals surface area contributed by atoms with Gasteiger partial charge in [-0.2, -0.15) is 0 Å². The minimum absolute atomic E-state index is 0.189. The number of carbonyl (C=O) groups excluding carboxylic acids is 1. The zero-order chi connectivity index (χ0) is 13.1. The second kappa shape index (κ2) is 5.58. The molecule has 1 N–H and O–H groups in total. The maximum absolute atomic E-state index is 11.9. The van der Waals surface area contributed by atoms with Crippen LogP contribution in [0, 0.1) is 6.92 Å². The Morgan fingerprint density at radius 2 is 2.28 bits per heavy atom. The highest BCUT2D eigenvalue weighted by molar-refractivity contribution is 9.10. The Balaban J connectivity index is 2.13. The Kier molecular flexibility index (Phi) is 4.08. The number of rotatable bonds is 3. The van der Waals surface area contributed by atoms with Gasteiger partial charge in [-0.3, -0.25) is 10.1 Å². The third-order valence-corrected chi connectivity index (χ3v) is 3.84. The van der Waals surface area contributed by atoms with Crippen molar-refractivity contribution in [3.8, 4) is 0 Å². The van der Waals surface area contributed by atoms with Gasteiger partial charge in [-0.15, -0.1) is 11.3 Å². The van der Waals surface area contributed by atoms with Crippen LogP contribution in [0.4, 0.5) is 5.13 Å². The number of halogens is 1. The summed E-state index contributed by atoms with van der Waals surface area (Å²) in [6.07, 6.45) is 2.40. The zero-order valence-electron chi connectivity index (χ0n) is 10.0. The summed E-state index contributed by atoms with van der Waals surface area (Å²) in [6, 6.07) is 3.45. The van der Waals surface area contributed by atoms with Gasteiger partial charge in [0.15, 0.2) is 5.13 Å². The minimum Gasteiger partial charge on any atom is -0.298 e. The van der Waals surface area contributed by atoms with Crippen molar-refractivity contribution < 1.29 is 4.79 Å². The predicted octanol–water partition coefficient (Wildman–Crippen LogP) is 3.42. The van der Waals surface area contributed by atoms with Crippen LogP contribution in [0.5, 0.6) is 0 Å². The standard InChI is InChI=1S/C12H12BrN3OS/c1-3-9-7(2)18-12(15-9)16-11(17)8-4-5-10(13)14-6-8/h4-6H,3H2,1-2H3,(H,15,16,17). The second-order valence-corrected chi connectivity index (χ2v) is 5.71. The number of hydrogen-bond acceptors (Lipinski definition) is 4. The summed E-state index contributed by atoms with van der Waals surface area (Å²) in [4.78, 5) is 21.5. The first-order valence-electron chi connectivity index (χ1n) is 5.49. The molecule has 2 rings (SSSR count). The largest absolute Gasteiger partial charge is 0.298 e. The fourth-order valence-electron chi connectivity index (χ4n) is 1.49. The molecule has 0 unspecified atom stereocenters. The zero-order valence-corrected chi connectivity index (χ0v) is 12.4. The first-order chi connectivity index (χ1) is 8.60. The lowest BCUT2D eigenvalue weighted by molar-refractivity contribution is 0.102. The van der Waals surface area contributed by atoms with Crippen LogP contribution in [-0.2, 0) is 6.42 Å². The molecule has 0 fully saturated rings. The van der Waals surface area contributed by atoms with Crippen molar-refractivity contribution in [2.75, 3.05) is 5.32 Å². The molecule has 0 aliphatic rings. The fourth-order valence-corrected chi connectivity index (χ4v) is 2.62. The first-order valence-corrected chi connectivity index (χ1v) is 7.10. The van der Waals surface area contributed by atoms with Crippen molar-refractivity contribution in [2.24, 2.45) is 0 Å². The predicted molar refractivity (Wildman–Crippen MR) is 76.1 cm³/mol. The van der Waals surface area contributed by atoms with Gasteiger partial charge in [0.25, 0.3) is 5.91 Å². The van der Waals surface area contributed by atoms with Crippen molar-refractivity contribution in [2.45, 2.75) is 20.3 Å². The van der Waals surface area contributed by atoms with Gasteiger partial charge in [0, 0.05) is 11.1 Å². The molecular weight excluding hydrogens is 314 g/mol. The molecule has 2 aromatic rings. The van der Waals surface area contributed by atoms with Crippen LogP contribution in [0.1, 0.15) is 27.9 Å². The highest BCUT2D eigenvalue weighted by atomic mass is 79.9. The molecule has 0 spiro atoms. The molecule has 0 aliphatic heterocycles. The average Bonchev–Trinajstić information content (AvgIpc) is 2.70. The van der Waals surface area contributed by atoms with E-state index in [9.17, 15) is 4.79 Å². The van der Waals surface area contributed by atoms with Crippen molar-refractivity contribution in [3.63, 3.8) is 0 Å². The van der Waals surface area contributed by atoms with Gasteiger partial charge in [0.05, 0.1) is 11.3 Å². The number of anilines is 1. The summed E-state index contributed by atoms with van der Waals surface area (Å²) in [5, 5.41) is 3.42. The molecule has 2 heterocycles. The summed E-state index contributed by atoms with van der Waals surface area (Å²) in [5.41, 5.74) is 1.55. The SMILES string of the molecule is CCc1nc(NC(=O)c2ccc(Br)nc2)sc1C. The number of hydrogen-bond donors (Lipinski definition) is 1. The van der Waals surface area contributed by atoms with Gasteiger partial charge in [-0.05, 0) is 41.4 Å². The van der Waals surface area contributed by atoms with Gasteiger partial charge in [0.1, 0.15) is 4.60 Å². The van der Waals surface area contributed by atoms with Crippen molar-refractivity contribution in [3.05, 3.63) is 39.1 Å². The Morgan fingerprint density at radius 3 is 2.83 bits per heavy atom. The van der Waals surface area contributed by atoms with Gasteiger partial charge in [0.2, 0.25) is 0 Å². The average molecular weight is 326 g/mol. The summed E-state index contributed by atoms with van der Waals surface area (Å²) in [6.45, 7) is 4.06. The monoisotopic (exact) mass is 325 g/mol. The number of thiazole rings is 1. The highest BCUT2D eigenvalue weighted by Crippen LogP contribution is 2.22. The van der Waals surface area contributed by atoms with Crippen molar-refractivity contribution in [1.29, 1.82) is 0 Å². The first kappa shape index (κ1) is 13.2. The molecule has 4 nitrogen and oxygen atoms in total. The maximum atomic E-state index is 11.9. The van der Waals surface area contributed by atoms with Crippen LogP contribution in [0.2, 0.25) is 0 Å². The summed E-state index contributed by atoms with van der Waals surface area (Å²) < 4.78 is 0.706. The van der Waals surface area contributed by atoms with E-state index < -0.39 is 0 Å². The third-order valence-electron chi connectivity index (χ3n) is 2.44. The molecule has 6 heteroatoms. The normalized spacial score (nSPS) is 10.4. The van der Waals surface area contributed by atoms with Crippen LogP contribution in [0.25, 0.3) is 0 Å². The Hall–Kier alpha value is -1.27. The van der Waals surface area contributed by atoms with E-state index in [1.807, 2.05) is 13.8 Å². The quantitative estimate of drug-likeness (QED) is 0.879. The van der Waals surface area contributed by atoms with Crippen LogP contribution in [0.3, 0.4) is 0 Å². The number of nitrogens with zero attached hydrogens (tertiary/aromatic N) is 2. The van der Waals surface area contributed by atoms with E-state index in [4.69, 9.17) is 0 Å². The van der Waals surface area contributed by atoms with Crippen LogP contribution in [-0.4, -0.2) is 15.9 Å². The lowest BCUT2D eigenvalue weighted by atomic mass is 10.3. The van der Waals surface area contributed by atoms with Gasteiger partial charge < -0.3 is 0 Å². The third kappa shape index (κ3) is 2.94. The van der Waals surface area contributed by atoms with Gasteiger partial charge >= 0.3 is 0 Å². The lowest BCUT2D eigenvalue weighted by Gasteiger charge is -2.00. The number of pyridine rings is 1. The Bertz CT molecular complexity index is 565. The van der Waals surface area contributed by atoms with Crippen LogP contribution in [0.15, 0.2) is 22.9 Å². The van der Waals surface area contributed by atoms with Crippen molar-refractivity contribution >= 4 is 38.3 Å². The summed E-state index contributed by atoms with van der Waals surface area (Å²) in [7, 11) is 0. The molecule has 0 aromatic carbocycles. The van der Waals surface area contributed by atoms with E-state index >= 15 is 0 Å². The minimum atomic E-state index is -0.189. The van der Waals surface area contributed by atoms with E-state index in [1.54, 1.807) is 12.1 Å². The topological polar surface area (TPSA) is 54.9 Å². The number of aromatic nitrogens is 2. The number of carbonyl (C=O) groups is 1. The highest BCUT2D eigenvalue weighted by Gasteiger charge is 2.11. The van der Waals surface area contributed by atoms with E-state index in [-0.39, 0.29) is 5.91 Å². The number of nitrogens with one attached hydrogen (secondary N) is 1. The molecule has 94 valence electrons. The summed E-state index contributed by atoms with van der Waals surface area (Å²) in [5.74, 6) is -0.189. The number of amides is 1. The maximum Gasteiger partial charge on any atom is 0.259 e. The molecule has 0 saturated carbocycles. The molecule has 0 bridgehead atoms. The van der Waals surface area contributed by atoms with Crippen LogP contribution < -0.4 is 5.32 Å². The molecule has 0 radical (unpaired) electrons. The lowest BCUT2D eigenvalue weighted by Crippen LogP contribution is -2.11. The molecule has 0 saturated heterocycles. The van der Waals surface area contributed by atoms with E-state index in [0.717, 1.165) is 17.0 Å². The molecular formula is C12H12BrN3OS. The Labute approximate surface area is 118 Å². The molecule has 1 amide bonds. The van der Waals surface area contributed by atoms with Crippen LogP contribution >= 0.6 is 27.3 Å². The fraction of sp³-hybridized carbons (Fsp3) is 0.250. The van der Waals surface area contributed by atoms with Crippen molar-refractivity contribution in [1.82, 2.24) is 9.97 Å².